The summed E-state index contributed by atoms with van der Waals surface area (Å²) in [5.41, 5.74) is 0.776. The number of benzene rings is 1. The molecule has 0 aliphatic heterocycles. The Morgan fingerprint density at radius 2 is 1.59 bits per heavy atom. The van der Waals surface area contributed by atoms with E-state index in [1.54, 1.807) is 38.1 Å². The smallest absolute Gasteiger partial charge is 0.408 e. The fraction of sp³-hybridized carbons (Fsp3) is 0.522. The number of carbonyl (C=O) groups is 5. The highest BCUT2D eigenvalue weighted by atomic mass is 19.1. The van der Waals surface area contributed by atoms with Crippen LogP contribution >= 0.6 is 0 Å². The van der Waals surface area contributed by atoms with Crippen LogP contribution in [0.15, 0.2) is 30.3 Å². The summed E-state index contributed by atoms with van der Waals surface area (Å²) in [5, 5.41) is 7.28. The van der Waals surface area contributed by atoms with Crippen LogP contribution in [0.25, 0.3) is 0 Å². The van der Waals surface area contributed by atoms with Crippen molar-refractivity contribution >= 4 is 29.7 Å². The van der Waals surface area contributed by atoms with E-state index in [9.17, 15) is 28.4 Å². The molecule has 188 valence electrons. The molecule has 0 heterocycles. The summed E-state index contributed by atoms with van der Waals surface area (Å²) in [6.45, 7) is 3.48. The van der Waals surface area contributed by atoms with Gasteiger partial charge in [-0.1, -0.05) is 44.2 Å². The van der Waals surface area contributed by atoms with E-state index in [1.807, 2.05) is 6.07 Å². The lowest BCUT2D eigenvalue weighted by Gasteiger charge is -2.24. The van der Waals surface area contributed by atoms with Crippen molar-refractivity contribution in [2.45, 2.75) is 58.3 Å². The molecule has 0 aromatic heterocycles. The normalized spacial score (nSPS) is 13.2. The van der Waals surface area contributed by atoms with Crippen LogP contribution in [0.5, 0.6) is 0 Å². The van der Waals surface area contributed by atoms with Crippen LogP contribution in [0.1, 0.15) is 39.2 Å². The Balaban J connectivity index is 2.67. The van der Waals surface area contributed by atoms with Gasteiger partial charge in [0.25, 0.3) is 0 Å². The van der Waals surface area contributed by atoms with Crippen molar-refractivity contribution in [1.29, 1.82) is 0 Å². The number of methoxy groups -OCH3 is 1. The molecule has 34 heavy (non-hydrogen) atoms. The third-order valence-electron chi connectivity index (χ3n) is 4.89. The fourth-order valence-corrected chi connectivity index (χ4v) is 2.86. The first-order valence-electron chi connectivity index (χ1n) is 10.8. The van der Waals surface area contributed by atoms with Crippen molar-refractivity contribution in [2.24, 2.45) is 5.92 Å². The zero-order chi connectivity index (χ0) is 25.7. The topological polar surface area (TPSA) is 140 Å². The Hall–Kier alpha value is -3.50. The molecule has 11 heteroatoms. The average molecular weight is 482 g/mol. The number of rotatable bonds is 13. The summed E-state index contributed by atoms with van der Waals surface area (Å²) in [4.78, 5) is 60.4. The second-order valence-electron chi connectivity index (χ2n) is 7.93. The summed E-state index contributed by atoms with van der Waals surface area (Å²) >= 11 is 0. The second-order valence-corrected chi connectivity index (χ2v) is 7.93. The van der Waals surface area contributed by atoms with E-state index in [-0.39, 0.29) is 25.4 Å². The van der Waals surface area contributed by atoms with Gasteiger partial charge in [-0.2, -0.15) is 0 Å². The predicted octanol–water partition coefficient (Wildman–Crippen LogP) is 1.42. The number of halogens is 1. The molecule has 0 saturated heterocycles. The van der Waals surface area contributed by atoms with Gasteiger partial charge in [-0.25, -0.2) is 9.18 Å². The van der Waals surface area contributed by atoms with Crippen LogP contribution in [0.2, 0.25) is 0 Å². The van der Waals surface area contributed by atoms with Gasteiger partial charge in [-0.05, 0) is 24.8 Å². The molecule has 3 atom stereocenters. The molecule has 0 aliphatic rings. The highest BCUT2D eigenvalue weighted by Crippen LogP contribution is 2.06. The van der Waals surface area contributed by atoms with Crippen molar-refractivity contribution in [1.82, 2.24) is 16.0 Å². The number of Topliss-reactive ketones (excluding diaryl/α,β-unsaturated/α-hetero) is 1. The minimum atomic E-state index is -1.32. The number of carbonyl (C=O) groups excluding carboxylic acids is 5. The Bertz CT molecular complexity index is 848. The molecule has 0 saturated carbocycles. The molecule has 0 radical (unpaired) electrons. The number of nitrogens with one attached hydrogen (secondary N) is 3. The van der Waals surface area contributed by atoms with E-state index in [4.69, 9.17) is 4.74 Å². The van der Waals surface area contributed by atoms with E-state index in [1.165, 1.54) is 14.0 Å². The SMILES string of the molecule is COC(=O)CC[C@H](NC(=O)[C@H](C)NC(=O)[C@@H](NC(=O)OCc1ccccc1)C(C)C)C(=O)CF. The molecule has 3 amide bonds. The summed E-state index contributed by atoms with van der Waals surface area (Å²) < 4.78 is 22.5. The Labute approximate surface area is 197 Å². The lowest BCUT2D eigenvalue weighted by atomic mass is 10.0. The van der Waals surface area contributed by atoms with Crippen LogP contribution in [0.4, 0.5) is 9.18 Å². The van der Waals surface area contributed by atoms with Crippen LogP contribution in [0, 0.1) is 5.92 Å². The summed E-state index contributed by atoms with van der Waals surface area (Å²) in [5.74, 6) is -3.24. The molecular weight excluding hydrogens is 449 g/mol. The number of alkyl halides is 1. The second kappa shape index (κ2) is 14.6. The van der Waals surface area contributed by atoms with Crippen molar-refractivity contribution in [3.05, 3.63) is 35.9 Å². The third-order valence-corrected chi connectivity index (χ3v) is 4.89. The number of hydrogen-bond acceptors (Lipinski definition) is 7. The maximum atomic E-state index is 12.9. The number of hydrogen-bond donors (Lipinski definition) is 3. The molecule has 1 aromatic rings. The van der Waals surface area contributed by atoms with Crippen molar-refractivity contribution in [2.75, 3.05) is 13.8 Å². The van der Waals surface area contributed by atoms with Gasteiger partial charge in [0.15, 0.2) is 5.78 Å². The fourth-order valence-electron chi connectivity index (χ4n) is 2.86. The lowest BCUT2D eigenvalue weighted by molar-refractivity contribution is -0.141. The van der Waals surface area contributed by atoms with Gasteiger partial charge >= 0.3 is 12.1 Å². The lowest BCUT2D eigenvalue weighted by Crippen LogP contribution is -2.56. The van der Waals surface area contributed by atoms with Crippen LogP contribution in [0.3, 0.4) is 0 Å². The van der Waals surface area contributed by atoms with E-state index < -0.39 is 54.5 Å². The number of ether oxygens (including phenoxy) is 2. The van der Waals surface area contributed by atoms with Gasteiger partial charge in [-0.15, -0.1) is 0 Å². The van der Waals surface area contributed by atoms with Crippen molar-refractivity contribution in [3.8, 4) is 0 Å². The maximum absolute atomic E-state index is 12.9. The molecule has 1 rings (SSSR count). The highest BCUT2D eigenvalue weighted by Gasteiger charge is 2.29. The zero-order valence-corrected chi connectivity index (χ0v) is 19.8. The first-order chi connectivity index (χ1) is 16.1. The Morgan fingerprint density at radius 1 is 0.941 bits per heavy atom. The number of esters is 1. The van der Waals surface area contributed by atoms with E-state index in [2.05, 4.69) is 20.7 Å². The Morgan fingerprint density at radius 3 is 2.15 bits per heavy atom. The van der Waals surface area contributed by atoms with Gasteiger partial charge in [0, 0.05) is 6.42 Å². The molecule has 0 unspecified atom stereocenters. The van der Waals surface area contributed by atoms with Gasteiger partial charge in [0.1, 0.15) is 25.4 Å². The minimum Gasteiger partial charge on any atom is -0.469 e. The maximum Gasteiger partial charge on any atom is 0.408 e. The first-order valence-corrected chi connectivity index (χ1v) is 10.8. The van der Waals surface area contributed by atoms with Crippen LogP contribution in [-0.2, 0) is 35.3 Å². The first kappa shape index (κ1) is 28.5. The summed E-state index contributed by atoms with van der Waals surface area (Å²) in [6.07, 6.45) is -1.14. The van der Waals surface area contributed by atoms with Crippen LogP contribution < -0.4 is 16.0 Å². The van der Waals surface area contributed by atoms with Crippen molar-refractivity contribution < 1.29 is 37.8 Å². The Kier molecular flexibility index (Phi) is 12.3. The largest absolute Gasteiger partial charge is 0.469 e. The predicted molar refractivity (Wildman–Crippen MR) is 120 cm³/mol. The van der Waals surface area contributed by atoms with Crippen LogP contribution in [-0.4, -0.2) is 61.6 Å². The standard InChI is InChI=1S/C23H32FN3O7/c1-14(2)20(27-23(32)34-13-16-8-6-5-7-9-16)22(31)25-15(3)21(30)26-17(18(28)12-24)10-11-19(29)33-4/h5-9,14-15,17,20H,10-13H2,1-4H3,(H,25,31)(H,26,30)(H,27,32)/t15-,17-,20-/m0/s1. The number of amides is 3. The minimum absolute atomic E-state index is 0.0213. The van der Waals surface area contributed by atoms with E-state index >= 15 is 0 Å². The summed E-state index contributed by atoms with van der Waals surface area (Å²) in [7, 11) is 1.17. The molecule has 3 N–H and O–H groups in total. The molecule has 1 aromatic carbocycles. The molecule has 0 fully saturated rings. The molecule has 10 nitrogen and oxygen atoms in total. The van der Waals surface area contributed by atoms with Gasteiger partial charge in [-0.3, -0.25) is 19.2 Å². The molecule has 0 aliphatic carbocycles. The molecular formula is C23H32FN3O7. The van der Waals surface area contributed by atoms with Gasteiger partial charge in [0.05, 0.1) is 13.2 Å². The number of alkyl carbamates (subject to hydrolysis) is 1. The molecule has 0 spiro atoms. The van der Waals surface area contributed by atoms with Gasteiger partial charge < -0.3 is 25.4 Å². The van der Waals surface area contributed by atoms with E-state index in [0.29, 0.717) is 0 Å². The number of ketones is 1. The zero-order valence-electron chi connectivity index (χ0n) is 19.8. The monoisotopic (exact) mass is 481 g/mol. The van der Waals surface area contributed by atoms with Gasteiger partial charge in [0.2, 0.25) is 11.8 Å². The average Bonchev–Trinajstić information content (AvgIpc) is 2.82. The quantitative estimate of drug-likeness (QED) is 0.362. The highest BCUT2D eigenvalue weighted by molar-refractivity contribution is 5.94. The summed E-state index contributed by atoms with van der Waals surface area (Å²) in [6, 6.07) is 5.64. The third kappa shape index (κ3) is 9.97. The van der Waals surface area contributed by atoms with E-state index in [0.717, 1.165) is 5.56 Å². The molecule has 0 bridgehead atoms. The van der Waals surface area contributed by atoms with Crippen molar-refractivity contribution in [3.63, 3.8) is 0 Å².